The van der Waals surface area contributed by atoms with Gasteiger partial charge in [-0.2, -0.15) is 13.2 Å². The van der Waals surface area contributed by atoms with Crippen molar-refractivity contribution in [3.63, 3.8) is 0 Å². The molecule has 2 aromatic carbocycles. The van der Waals surface area contributed by atoms with Crippen molar-refractivity contribution in [2.75, 3.05) is 0 Å². The van der Waals surface area contributed by atoms with E-state index in [0.29, 0.717) is 5.75 Å². The summed E-state index contributed by atoms with van der Waals surface area (Å²) in [5, 5.41) is 0.801. The summed E-state index contributed by atoms with van der Waals surface area (Å²) < 4.78 is 61.9. The number of benzene rings is 2. The molecule has 1 N–H and O–H groups in total. The number of hydrogen-bond acceptors (Lipinski definition) is 5. The maximum Gasteiger partial charge on any atom is 0.501 e. The average molecular weight is 408 g/mol. The minimum atomic E-state index is -5.50. The number of nitrogens with one attached hydrogen (secondary N) is 1. The quantitative estimate of drug-likeness (QED) is 0.400. The molecule has 0 aliphatic heterocycles. The number of fused-ring (bicyclic) bond motifs is 2. The van der Waals surface area contributed by atoms with Gasteiger partial charge in [-0.3, -0.25) is 14.8 Å². The van der Waals surface area contributed by atoms with Gasteiger partial charge in [0.2, 0.25) is 0 Å². The standard InChI is InChI=1S/C18H11F3N2O4S/c19-18(20,21)28(24,25)11-4-5-15-13(10-11)17(7-9-23-15)27-26-16-3-1-2-14-12(16)6-8-22-14/h1-10,22H. The number of nitrogens with zero attached hydrogens (tertiary/aromatic N) is 1. The summed E-state index contributed by atoms with van der Waals surface area (Å²) in [5.41, 5.74) is -4.36. The summed E-state index contributed by atoms with van der Waals surface area (Å²) in [7, 11) is -5.50. The Labute approximate surface area is 156 Å². The van der Waals surface area contributed by atoms with E-state index in [9.17, 15) is 21.6 Å². The highest BCUT2D eigenvalue weighted by Crippen LogP contribution is 2.34. The van der Waals surface area contributed by atoms with Crippen molar-refractivity contribution in [2.24, 2.45) is 0 Å². The molecule has 28 heavy (non-hydrogen) atoms. The molecule has 0 saturated carbocycles. The lowest BCUT2D eigenvalue weighted by Crippen LogP contribution is -2.23. The minimum Gasteiger partial charge on any atom is -0.361 e. The molecule has 144 valence electrons. The zero-order valence-corrected chi connectivity index (χ0v) is 14.7. The van der Waals surface area contributed by atoms with Crippen LogP contribution in [-0.4, -0.2) is 23.9 Å². The number of H-pyrrole nitrogens is 1. The first-order valence-electron chi connectivity index (χ1n) is 7.88. The topological polar surface area (TPSA) is 81.3 Å². The lowest BCUT2D eigenvalue weighted by molar-refractivity contribution is -0.0969. The fraction of sp³-hybridized carbons (Fsp3) is 0.0556. The van der Waals surface area contributed by atoms with E-state index in [1.807, 2.05) is 6.07 Å². The number of aromatic nitrogens is 2. The zero-order valence-electron chi connectivity index (χ0n) is 13.9. The number of sulfone groups is 1. The monoisotopic (exact) mass is 408 g/mol. The van der Waals surface area contributed by atoms with Crippen LogP contribution in [0.25, 0.3) is 21.8 Å². The Bertz CT molecular complexity index is 1280. The van der Waals surface area contributed by atoms with E-state index in [1.54, 1.807) is 24.4 Å². The third-order valence-electron chi connectivity index (χ3n) is 4.06. The first kappa shape index (κ1) is 18.1. The number of aromatic amines is 1. The number of hydrogen-bond donors (Lipinski definition) is 1. The predicted octanol–water partition coefficient (Wildman–Crippen LogP) is 4.38. The minimum absolute atomic E-state index is 0.0248. The highest BCUT2D eigenvalue weighted by molar-refractivity contribution is 7.92. The molecule has 0 saturated heterocycles. The van der Waals surface area contributed by atoms with Crippen LogP contribution in [0.1, 0.15) is 0 Å². The van der Waals surface area contributed by atoms with Gasteiger partial charge >= 0.3 is 5.51 Å². The third kappa shape index (κ3) is 3.01. The van der Waals surface area contributed by atoms with Crippen LogP contribution >= 0.6 is 0 Å². The van der Waals surface area contributed by atoms with Gasteiger partial charge in [0.05, 0.1) is 10.4 Å². The third-order valence-corrected chi connectivity index (χ3v) is 5.55. The van der Waals surface area contributed by atoms with E-state index in [4.69, 9.17) is 9.78 Å². The number of alkyl halides is 3. The Morgan fingerprint density at radius 2 is 1.68 bits per heavy atom. The van der Waals surface area contributed by atoms with Gasteiger partial charge in [0.25, 0.3) is 9.84 Å². The van der Waals surface area contributed by atoms with E-state index in [2.05, 4.69) is 9.97 Å². The number of halogens is 3. The van der Waals surface area contributed by atoms with Crippen LogP contribution in [0.15, 0.2) is 65.8 Å². The second kappa shape index (κ2) is 6.41. The normalized spacial score (nSPS) is 12.4. The van der Waals surface area contributed by atoms with E-state index < -0.39 is 20.2 Å². The average Bonchev–Trinajstić information content (AvgIpc) is 3.14. The Kier molecular flexibility index (Phi) is 4.15. The van der Waals surface area contributed by atoms with Gasteiger partial charge in [-0.05, 0) is 36.4 Å². The number of rotatable bonds is 4. The molecular weight excluding hydrogens is 397 g/mol. The number of pyridine rings is 1. The predicted molar refractivity (Wildman–Crippen MR) is 94.5 cm³/mol. The van der Waals surface area contributed by atoms with Crippen molar-refractivity contribution in [2.45, 2.75) is 10.4 Å². The Morgan fingerprint density at radius 1 is 0.929 bits per heavy atom. The summed E-state index contributed by atoms with van der Waals surface area (Å²) in [6.07, 6.45) is 3.09. The molecule has 0 amide bonds. The molecule has 4 rings (SSSR count). The van der Waals surface area contributed by atoms with Crippen molar-refractivity contribution in [1.29, 1.82) is 0 Å². The smallest absolute Gasteiger partial charge is 0.361 e. The molecule has 0 bridgehead atoms. The molecule has 2 heterocycles. The molecule has 0 unspecified atom stereocenters. The lowest BCUT2D eigenvalue weighted by Gasteiger charge is -2.11. The highest BCUT2D eigenvalue weighted by Gasteiger charge is 2.47. The molecule has 0 aliphatic rings. The molecule has 0 aliphatic carbocycles. The van der Waals surface area contributed by atoms with Crippen LogP contribution in [0.2, 0.25) is 0 Å². The van der Waals surface area contributed by atoms with Crippen LogP contribution in [0.4, 0.5) is 13.2 Å². The van der Waals surface area contributed by atoms with Gasteiger partial charge in [0, 0.05) is 34.7 Å². The van der Waals surface area contributed by atoms with Crippen LogP contribution in [-0.2, 0) is 9.84 Å². The molecule has 0 fully saturated rings. The first-order valence-corrected chi connectivity index (χ1v) is 9.36. The molecule has 0 radical (unpaired) electrons. The van der Waals surface area contributed by atoms with Crippen molar-refractivity contribution in [1.82, 2.24) is 9.97 Å². The Hall–Kier alpha value is -3.27. The summed E-state index contributed by atoms with van der Waals surface area (Å²) in [6.45, 7) is 0. The van der Waals surface area contributed by atoms with Gasteiger partial charge in [-0.1, -0.05) is 6.07 Å². The summed E-state index contributed by atoms with van der Waals surface area (Å²) in [6, 6.07) is 11.2. The second-order valence-electron chi connectivity index (χ2n) is 5.80. The van der Waals surface area contributed by atoms with Gasteiger partial charge in [0.15, 0.2) is 11.5 Å². The van der Waals surface area contributed by atoms with Gasteiger partial charge in [-0.15, -0.1) is 0 Å². The first-order chi connectivity index (χ1) is 13.3. The van der Waals surface area contributed by atoms with Crippen LogP contribution in [0.5, 0.6) is 11.5 Å². The van der Waals surface area contributed by atoms with Crippen LogP contribution < -0.4 is 9.78 Å². The van der Waals surface area contributed by atoms with Crippen molar-refractivity contribution >= 4 is 31.6 Å². The highest BCUT2D eigenvalue weighted by atomic mass is 32.2. The van der Waals surface area contributed by atoms with Gasteiger partial charge < -0.3 is 4.98 Å². The largest absolute Gasteiger partial charge is 0.501 e. The van der Waals surface area contributed by atoms with E-state index in [-0.39, 0.29) is 16.7 Å². The fourth-order valence-electron chi connectivity index (χ4n) is 2.69. The molecule has 0 spiro atoms. The van der Waals surface area contributed by atoms with Crippen molar-refractivity contribution in [3.8, 4) is 11.5 Å². The van der Waals surface area contributed by atoms with Crippen LogP contribution in [0, 0.1) is 0 Å². The maximum absolute atomic E-state index is 12.8. The lowest BCUT2D eigenvalue weighted by atomic mass is 10.2. The fourth-order valence-corrected chi connectivity index (χ4v) is 3.48. The molecule has 0 atom stereocenters. The second-order valence-corrected chi connectivity index (χ2v) is 7.74. The molecule has 6 nitrogen and oxygen atoms in total. The van der Waals surface area contributed by atoms with Crippen molar-refractivity contribution in [3.05, 3.63) is 60.9 Å². The summed E-state index contributed by atoms with van der Waals surface area (Å²) in [4.78, 5) is 16.8. The van der Waals surface area contributed by atoms with Gasteiger partial charge in [-0.25, -0.2) is 8.42 Å². The van der Waals surface area contributed by atoms with Crippen molar-refractivity contribution < 1.29 is 31.4 Å². The SMILES string of the molecule is O=S(=O)(c1ccc2nccc(OOc3cccc4[nH]ccc34)c2c1)C(F)(F)F. The molecule has 10 heteroatoms. The molecule has 4 aromatic rings. The summed E-state index contributed by atoms with van der Waals surface area (Å²) >= 11 is 0. The van der Waals surface area contributed by atoms with Crippen LogP contribution in [0.3, 0.4) is 0 Å². The molecular formula is C18H11F3N2O4S. The van der Waals surface area contributed by atoms with E-state index in [1.165, 1.54) is 18.3 Å². The zero-order chi connectivity index (χ0) is 19.9. The van der Waals surface area contributed by atoms with E-state index >= 15 is 0 Å². The van der Waals surface area contributed by atoms with Gasteiger partial charge in [0.1, 0.15) is 0 Å². The molecule has 2 aromatic heterocycles. The summed E-state index contributed by atoms with van der Waals surface area (Å²) in [5.74, 6) is 0.402. The Morgan fingerprint density at radius 3 is 2.43 bits per heavy atom. The van der Waals surface area contributed by atoms with E-state index in [0.717, 1.165) is 23.0 Å². The maximum atomic E-state index is 12.8. The Balaban J connectivity index is 1.73.